The van der Waals surface area contributed by atoms with Crippen molar-refractivity contribution in [3.05, 3.63) is 65.7 Å². The molecule has 0 spiro atoms. The molecule has 2 aromatic carbocycles. The van der Waals surface area contributed by atoms with Crippen LogP contribution in [0.3, 0.4) is 0 Å². The van der Waals surface area contributed by atoms with Crippen molar-refractivity contribution in [3.8, 4) is 0 Å². The van der Waals surface area contributed by atoms with Crippen LogP contribution in [0.1, 0.15) is 43.7 Å². The van der Waals surface area contributed by atoms with E-state index in [-0.39, 0.29) is 17.3 Å². The highest BCUT2D eigenvalue weighted by molar-refractivity contribution is 7.89. The van der Waals surface area contributed by atoms with Crippen molar-refractivity contribution in [2.24, 2.45) is 0 Å². The van der Waals surface area contributed by atoms with Gasteiger partial charge in [-0.2, -0.15) is 0 Å². The second-order valence-corrected chi connectivity index (χ2v) is 8.28. The van der Waals surface area contributed by atoms with Gasteiger partial charge in [-0.25, -0.2) is 13.1 Å². The first-order chi connectivity index (χ1) is 13.0. The number of amides is 1. The minimum Gasteiger partial charge on any atom is -0.356 e. The molecule has 2 rings (SSSR count). The molecule has 27 heavy (non-hydrogen) atoms. The first-order valence-electron chi connectivity index (χ1n) is 9.40. The van der Waals surface area contributed by atoms with Crippen molar-refractivity contribution in [3.63, 3.8) is 0 Å². The molecule has 2 aromatic rings. The number of rotatable bonds is 11. The molecule has 146 valence electrons. The van der Waals surface area contributed by atoms with Crippen LogP contribution in [0.15, 0.2) is 59.5 Å². The molecular formula is C21H28N2O3S. The number of nitrogens with one attached hydrogen (secondary N) is 2. The van der Waals surface area contributed by atoms with Gasteiger partial charge >= 0.3 is 0 Å². The fourth-order valence-corrected chi connectivity index (χ4v) is 3.66. The summed E-state index contributed by atoms with van der Waals surface area (Å²) in [4.78, 5) is 12.0. The third-order valence-corrected chi connectivity index (χ3v) is 5.70. The summed E-state index contributed by atoms with van der Waals surface area (Å²) in [5, 5.41) is 2.91. The van der Waals surface area contributed by atoms with Crippen LogP contribution in [0.4, 0.5) is 0 Å². The minimum atomic E-state index is -3.55. The second kappa shape index (κ2) is 10.8. The van der Waals surface area contributed by atoms with Gasteiger partial charge in [-0.3, -0.25) is 4.79 Å². The third kappa shape index (κ3) is 7.53. The molecule has 0 saturated heterocycles. The van der Waals surface area contributed by atoms with E-state index < -0.39 is 10.0 Å². The van der Waals surface area contributed by atoms with Gasteiger partial charge < -0.3 is 5.32 Å². The van der Waals surface area contributed by atoms with Gasteiger partial charge in [-0.05, 0) is 36.1 Å². The minimum absolute atomic E-state index is 0.0346. The normalized spacial score (nSPS) is 11.3. The van der Waals surface area contributed by atoms with E-state index in [1.165, 1.54) is 0 Å². The zero-order valence-electron chi connectivity index (χ0n) is 15.8. The van der Waals surface area contributed by atoms with Gasteiger partial charge in [0.05, 0.1) is 4.90 Å². The van der Waals surface area contributed by atoms with E-state index in [0.29, 0.717) is 12.8 Å². The Balaban J connectivity index is 1.82. The van der Waals surface area contributed by atoms with E-state index in [1.807, 2.05) is 30.3 Å². The standard InChI is InChI=1S/C21H28N2O3S/c1-2-3-7-16-22-21(24)15-12-18-10-13-20(14-11-18)27(25,26)23-17-19-8-5-4-6-9-19/h4-6,8-11,13-14,23H,2-3,7,12,15-17H2,1H3,(H,22,24). The number of carbonyl (C=O) groups is 1. The quantitative estimate of drug-likeness (QED) is 0.579. The van der Waals surface area contributed by atoms with E-state index in [9.17, 15) is 13.2 Å². The zero-order chi connectivity index (χ0) is 19.5. The van der Waals surface area contributed by atoms with Gasteiger partial charge in [0, 0.05) is 19.5 Å². The predicted octanol–water partition coefficient (Wildman–Crippen LogP) is 3.40. The topological polar surface area (TPSA) is 75.3 Å². The van der Waals surface area contributed by atoms with Crippen molar-refractivity contribution in [2.45, 2.75) is 50.5 Å². The summed E-state index contributed by atoms with van der Waals surface area (Å²) in [6, 6.07) is 16.1. The van der Waals surface area contributed by atoms with Gasteiger partial charge in [0.25, 0.3) is 0 Å². The Hall–Kier alpha value is -2.18. The molecule has 0 unspecified atom stereocenters. The summed E-state index contributed by atoms with van der Waals surface area (Å²) in [6.45, 7) is 3.10. The lowest BCUT2D eigenvalue weighted by Gasteiger charge is -2.08. The molecule has 0 aliphatic heterocycles. The monoisotopic (exact) mass is 388 g/mol. The SMILES string of the molecule is CCCCCNC(=O)CCc1ccc(S(=O)(=O)NCc2ccccc2)cc1. The molecule has 0 saturated carbocycles. The van der Waals surface area contributed by atoms with Crippen molar-refractivity contribution >= 4 is 15.9 Å². The summed E-state index contributed by atoms with van der Waals surface area (Å²) in [6.07, 6.45) is 4.26. The average Bonchev–Trinajstić information content (AvgIpc) is 2.69. The summed E-state index contributed by atoms with van der Waals surface area (Å²) in [5.41, 5.74) is 1.85. The lowest BCUT2D eigenvalue weighted by atomic mass is 10.1. The maximum atomic E-state index is 12.4. The number of aryl methyl sites for hydroxylation is 1. The van der Waals surface area contributed by atoms with E-state index >= 15 is 0 Å². The Labute approximate surface area is 162 Å². The van der Waals surface area contributed by atoms with Crippen molar-refractivity contribution in [1.82, 2.24) is 10.0 Å². The van der Waals surface area contributed by atoms with Crippen LogP contribution in [0.2, 0.25) is 0 Å². The first kappa shape index (κ1) is 21.1. The number of sulfonamides is 1. The van der Waals surface area contributed by atoms with Crippen LogP contribution in [0.5, 0.6) is 0 Å². The number of hydrogen-bond donors (Lipinski definition) is 2. The molecule has 0 fully saturated rings. The maximum absolute atomic E-state index is 12.4. The van der Waals surface area contributed by atoms with Crippen LogP contribution in [0.25, 0.3) is 0 Å². The molecule has 2 N–H and O–H groups in total. The Morgan fingerprint density at radius 3 is 2.30 bits per heavy atom. The van der Waals surface area contributed by atoms with Crippen molar-refractivity contribution in [1.29, 1.82) is 0 Å². The van der Waals surface area contributed by atoms with Gasteiger partial charge in [0.2, 0.25) is 15.9 Å². The Morgan fingerprint density at radius 1 is 0.926 bits per heavy atom. The number of unbranched alkanes of at least 4 members (excludes halogenated alkanes) is 2. The summed E-state index contributed by atoms with van der Waals surface area (Å²) in [7, 11) is -3.55. The average molecular weight is 389 g/mol. The van der Waals surface area contributed by atoms with E-state index in [1.54, 1.807) is 24.3 Å². The molecule has 0 atom stereocenters. The van der Waals surface area contributed by atoms with Crippen molar-refractivity contribution < 1.29 is 13.2 Å². The Morgan fingerprint density at radius 2 is 1.63 bits per heavy atom. The highest BCUT2D eigenvalue weighted by Crippen LogP contribution is 2.12. The first-order valence-corrected chi connectivity index (χ1v) is 10.9. The highest BCUT2D eigenvalue weighted by Gasteiger charge is 2.13. The van der Waals surface area contributed by atoms with Crippen LogP contribution >= 0.6 is 0 Å². The van der Waals surface area contributed by atoms with Crippen LogP contribution in [-0.4, -0.2) is 20.9 Å². The van der Waals surface area contributed by atoms with Gasteiger partial charge in [-0.1, -0.05) is 62.2 Å². The highest BCUT2D eigenvalue weighted by atomic mass is 32.2. The molecule has 0 radical (unpaired) electrons. The third-order valence-electron chi connectivity index (χ3n) is 4.29. The molecule has 0 heterocycles. The van der Waals surface area contributed by atoms with E-state index in [2.05, 4.69) is 17.0 Å². The lowest BCUT2D eigenvalue weighted by molar-refractivity contribution is -0.121. The molecule has 6 heteroatoms. The molecule has 1 amide bonds. The second-order valence-electron chi connectivity index (χ2n) is 6.51. The maximum Gasteiger partial charge on any atom is 0.240 e. The molecule has 0 aliphatic carbocycles. The van der Waals surface area contributed by atoms with Crippen LogP contribution in [0, 0.1) is 0 Å². The van der Waals surface area contributed by atoms with Gasteiger partial charge in [0.15, 0.2) is 0 Å². The summed E-state index contributed by atoms with van der Waals surface area (Å²) < 4.78 is 27.4. The fourth-order valence-electron chi connectivity index (χ4n) is 2.64. The van der Waals surface area contributed by atoms with Gasteiger partial charge in [0.1, 0.15) is 0 Å². The van der Waals surface area contributed by atoms with Crippen LogP contribution in [-0.2, 0) is 27.8 Å². The molecule has 0 aliphatic rings. The summed E-state index contributed by atoms with van der Waals surface area (Å²) in [5.74, 6) is 0.0346. The molecular weight excluding hydrogens is 360 g/mol. The molecule has 5 nitrogen and oxygen atoms in total. The Kier molecular flexibility index (Phi) is 8.48. The zero-order valence-corrected chi connectivity index (χ0v) is 16.6. The predicted molar refractivity (Wildman–Crippen MR) is 108 cm³/mol. The van der Waals surface area contributed by atoms with Crippen LogP contribution < -0.4 is 10.0 Å². The summed E-state index contributed by atoms with van der Waals surface area (Å²) >= 11 is 0. The van der Waals surface area contributed by atoms with Crippen molar-refractivity contribution in [2.75, 3.05) is 6.54 Å². The number of hydrogen-bond acceptors (Lipinski definition) is 3. The Bertz CT molecular complexity index is 803. The number of carbonyl (C=O) groups excluding carboxylic acids is 1. The largest absolute Gasteiger partial charge is 0.356 e. The number of benzene rings is 2. The van der Waals surface area contributed by atoms with Gasteiger partial charge in [-0.15, -0.1) is 0 Å². The fraction of sp³-hybridized carbons (Fsp3) is 0.381. The lowest BCUT2D eigenvalue weighted by Crippen LogP contribution is -2.24. The smallest absolute Gasteiger partial charge is 0.240 e. The van der Waals surface area contributed by atoms with E-state index in [4.69, 9.17) is 0 Å². The van der Waals surface area contributed by atoms with E-state index in [0.717, 1.165) is 36.9 Å². The molecule has 0 aromatic heterocycles. The molecule has 0 bridgehead atoms.